The SMILES string of the molecule is C=C(CO)C(=O)OCCc1ccc(-c2ccc(-c3ccc(-c4ccc(CCCCC)cc4)cc3F)cc2F)c(F)c1.CC. The summed E-state index contributed by atoms with van der Waals surface area (Å²) < 4.78 is 50.2. The van der Waals surface area contributed by atoms with E-state index in [1.165, 1.54) is 48.7 Å². The van der Waals surface area contributed by atoms with Gasteiger partial charge >= 0.3 is 5.97 Å². The summed E-state index contributed by atoms with van der Waals surface area (Å²) in [7, 11) is 0. The molecule has 4 rings (SSSR count). The molecule has 0 radical (unpaired) electrons. The lowest BCUT2D eigenvalue weighted by Gasteiger charge is -2.11. The van der Waals surface area contributed by atoms with E-state index in [1.54, 1.807) is 18.2 Å². The number of unbranched alkanes of at least 4 members (excludes halogenated alkanes) is 2. The van der Waals surface area contributed by atoms with Gasteiger partial charge in [0.1, 0.15) is 17.5 Å². The summed E-state index contributed by atoms with van der Waals surface area (Å²) in [5.41, 5.74) is 4.12. The fraction of sp³-hybridized carbons (Fsp3) is 0.270. The molecule has 0 spiro atoms. The van der Waals surface area contributed by atoms with Crippen LogP contribution < -0.4 is 0 Å². The third kappa shape index (κ3) is 8.91. The molecule has 6 heteroatoms. The smallest absolute Gasteiger partial charge is 0.335 e. The minimum Gasteiger partial charge on any atom is -0.462 e. The lowest BCUT2D eigenvalue weighted by molar-refractivity contribution is -0.139. The number of aliphatic hydroxyl groups is 1. The van der Waals surface area contributed by atoms with Crippen LogP contribution >= 0.6 is 0 Å². The molecule has 4 aromatic carbocycles. The van der Waals surface area contributed by atoms with Gasteiger partial charge in [-0.25, -0.2) is 18.0 Å². The maximum absolute atomic E-state index is 15.2. The molecule has 4 aromatic rings. The first-order valence-electron chi connectivity index (χ1n) is 14.7. The second-order valence-electron chi connectivity index (χ2n) is 10.0. The molecule has 1 N–H and O–H groups in total. The lowest BCUT2D eigenvalue weighted by Crippen LogP contribution is -2.12. The van der Waals surface area contributed by atoms with Crippen molar-refractivity contribution in [1.29, 1.82) is 0 Å². The average Bonchev–Trinajstić information content (AvgIpc) is 3.02. The van der Waals surface area contributed by atoms with E-state index < -0.39 is 30.0 Å². The quantitative estimate of drug-likeness (QED) is 0.102. The minimum absolute atomic E-state index is 0.0194. The van der Waals surface area contributed by atoms with Gasteiger partial charge < -0.3 is 9.84 Å². The first-order valence-corrected chi connectivity index (χ1v) is 14.7. The van der Waals surface area contributed by atoms with Crippen molar-refractivity contribution < 1.29 is 27.8 Å². The highest BCUT2D eigenvalue weighted by Gasteiger charge is 2.15. The van der Waals surface area contributed by atoms with Crippen molar-refractivity contribution in [3.8, 4) is 33.4 Å². The molecule has 0 unspecified atom stereocenters. The Hall–Kier alpha value is -4.16. The number of benzene rings is 4. The summed E-state index contributed by atoms with van der Waals surface area (Å²) in [6.45, 7) is 9.04. The van der Waals surface area contributed by atoms with Gasteiger partial charge in [-0.2, -0.15) is 0 Å². The Balaban J connectivity index is 0.00000248. The number of aryl methyl sites for hydroxylation is 1. The highest BCUT2D eigenvalue weighted by Crippen LogP contribution is 2.33. The van der Waals surface area contributed by atoms with Crippen molar-refractivity contribution in [2.24, 2.45) is 0 Å². The van der Waals surface area contributed by atoms with Crippen molar-refractivity contribution in [2.75, 3.05) is 13.2 Å². The predicted octanol–water partition coefficient (Wildman–Crippen LogP) is 9.50. The van der Waals surface area contributed by atoms with Gasteiger partial charge in [0.05, 0.1) is 18.8 Å². The summed E-state index contributed by atoms with van der Waals surface area (Å²) in [6, 6.07) is 21.6. The molecule has 0 aliphatic carbocycles. The lowest BCUT2D eigenvalue weighted by atomic mass is 9.96. The van der Waals surface area contributed by atoms with Gasteiger partial charge in [0.15, 0.2) is 0 Å². The molecular formula is C37H39F3O3. The van der Waals surface area contributed by atoms with Crippen LogP contribution in [-0.4, -0.2) is 24.3 Å². The molecule has 43 heavy (non-hydrogen) atoms. The highest BCUT2D eigenvalue weighted by molar-refractivity contribution is 5.87. The Morgan fingerprint density at radius 2 is 1.23 bits per heavy atom. The maximum Gasteiger partial charge on any atom is 0.335 e. The van der Waals surface area contributed by atoms with E-state index in [1.807, 2.05) is 32.0 Å². The first kappa shape index (κ1) is 33.3. The zero-order chi connectivity index (χ0) is 31.4. The van der Waals surface area contributed by atoms with E-state index in [0.29, 0.717) is 11.1 Å². The van der Waals surface area contributed by atoms with E-state index in [-0.39, 0.29) is 35.3 Å². The zero-order valence-corrected chi connectivity index (χ0v) is 25.1. The van der Waals surface area contributed by atoms with Crippen LogP contribution in [0.2, 0.25) is 0 Å². The number of ether oxygens (including phenoxy) is 1. The van der Waals surface area contributed by atoms with Crippen LogP contribution in [0.4, 0.5) is 13.2 Å². The average molecular weight is 589 g/mol. The Morgan fingerprint density at radius 3 is 1.84 bits per heavy atom. The largest absolute Gasteiger partial charge is 0.462 e. The normalized spacial score (nSPS) is 10.6. The number of aliphatic hydroxyl groups excluding tert-OH is 1. The molecule has 0 aromatic heterocycles. The monoisotopic (exact) mass is 588 g/mol. The summed E-state index contributed by atoms with van der Waals surface area (Å²) in [6.07, 6.45) is 4.78. The second kappa shape index (κ2) is 16.5. The van der Waals surface area contributed by atoms with Crippen LogP contribution in [-0.2, 0) is 22.4 Å². The molecule has 0 fully saturated rings. The molecule has 0 saturated carbocycles. The minimum atomic E-state index is -0.718. The number of esters is 1. The number of carbonyl (C=O) groups is 1. The number of carbonyl (C=O) groups excluding carboxylic acids is 1. The van der Waals surface area contributed by atoms with E-state index in [9.17, 15) is 9.18 Å². The summed E-state index contributed by atoms with van der Waals surface area (Å²) in [5.74, 6) is -2.50. The van der Waals surface area contributed by atoms with Gasteiger partial charge in [0.2, 0.25) is 0 Å². The Kier molecular flexibility index (Phi) is 12.8. The van der Waals surface area contributed by atoms with Gasteiger partial charge in [-0.3, -0.25) is 0 Å². The molecule has 3 nitrogen and oxygen atoms in total. The zero-order valence-electron chi connectivity index (χ0n) is 25.1. The Morgan fingerprint density at radius 1 is 0.698 bits per heavy atom. The number of halogens is 3. The molecule has 0 aliphatic rings. The van der Waals surface area contributed by atoms with E-state index in [0.717, 1.165) is 24.0 Å². The molecule has 0 amide bonds. The summed E-state index contributed by atoms with van der Waals surface area (Å²) in [5, 5.41) is 8.90. The van der Waals surface area contributed by atoms with Crippen LogP contribution in [0.15, 0.2) is 91.0 Å². The van der Waals surface area contributed by atoms with Crippen LogP contribution in [0.1, 0.15) is 51.2 Å². The summed E-state index contributed by atoms with van der Waals surface area (Å²) in [4.78, 5) is 11.6. The van der Waals surface area contributed by atoms with Crippen molar-refractivity contribution in [3.05, 3.63) is 120 Å². The topological polar surface area (TPSA) is 46.5 Å². The number of hydrogen-bond acceptors (Lipinski definition) is 3. The Bertz CT molecular complexity index is 1530. The third-order valence-corrected chi connectivity index (χ3v) is 7.03. The highest BCUT2D eigenvalue weighted by atomic mass is 19.1. The molecule has 0 saturated heterocycles. The van der Waals surface area contributed by atoms with Gasteiger partial charge in [-0.15, -0.1) is 0 Å². The van der Waals surface area contributed by atoms with E-state index in [4.69, 9.17) is 9.84 Å². The van der Waals surface area contributed by atoms with Crippen molar-refractivity contribution in [2.45, 2.75) is 52.9 Å². The van der Waals surface area contributed by atoms with Crippen LogP contribution in [0.3, 0.4) is 0 Å². The molecule has 0 bridgehead atoms. The fourth-order valence-electron chi connectivity index (χ4n) is 4.63. The second-order valence-corrected chi connectivity index (χ2v) is 10.0. The maximum atomic E-state index is 15.2. The van der Waals surface area contributed by atoms with Gasteiger partial charge in [-0.05, 0) is 58.9 Å². The van der Waals surface area contributed by atoms with Crippen molar-refractivity contribution in [3.63, 3.8) is 0 Å². The molecule has 0 aliphatic heterocycles. The summed E-state index contributed by atoms with van der Waals surface area (Å²) >= 11 is 0. The first-order chi connectivity index (χ1) is 20.8. The molecule has 226 valence electrons. The van der Waals surface area contributed by atoms with E-state index >= 15 is 8.78 Å². The van der Waals surface area contributed by atoms with Crippen LogP contribution in [0, 0.1) is 17.5 Å². The standard InChI is InChI=1S/C35H33F3O3.C2H6/c1-3-4-5-6-24-7-10-26(11-8-24)27-12-15-29(33(37)20-27)28-13-16-31(34(38)21-28)30-14-9-25(19-32(30)36)17-18-41-35(40)23(2)22-39;1-2/h7-16,19-21,39H,2-6,17-18,22H2,1H3;1-2H3. The Labute approximate surface area is 252 Å². The molecule has 0 atom stereocenters. The number of hydrogen-bond donors (Lipinski definition) is 1. The molecule has 0 heterocycles. The van der Waals surface area contributed by atoms with Gasteiger partial charge in [0, 0.05) is 23.1 Å². The number of rotatable bonds is 12. The van der Waals surface area contributed by atoms with Crippen LogP contribution in [0.5, 0.6) is 0 Å². The van der Waals surface area contributed by atoms with Gasteiger partial charge in [0.25, 0.3) is 0 Å². The predicted molar refractivity (Wildman–Crippen MR) is 168 cm³/mol. The van der Waals surface area contributed by atoms with Crippen molar-refractivity contribution >= 4 is 5.97 Å². The van der Waals surface area contributed by atoms with Gasteiger partial charge in [-0.1, -0.05) is 101 Å². The molecular weight excluding hydrogens is 549 g/mol. The van der Waals surface area contributed by atoms with Crippen molar-refractivity contribution in [1.82, 2.24) is 0 Å². The van der Waals surface area contributed by atoms with Crippen LogP contribution in [0.25, 0.3) is 33.4 Å². The van der Waals surface area contributed by atoms with E-state index in [2.05, 4.69) is 25.6 Å². The fourth-order valence-corrected chi connectivity index (χ4v) is 4.63. The third-order valence-electron chi connectivity index (χ3n) is 7.03.